The van der Waals surface area contributed by atoms with E-state index in [9.17, 15) is 9.59 Å². The number of esters is 2. The minimum absolute atomic E-state index is 0.00262. The van der Waals surface area contributed by atoms with E-state index in [1.807, 2.05) is 25.2 Å². The number of nitriles is 1. The van der Waals surface area contributed by atoms with Gasteiger partial charge in [0.1, 0.15) is 6.10 Å². The third-order valence-corrected chi connectivity index (χ3v) is 11.0. The van der Waals surface area contributed by atoms with Crippen molar-refractivity contribution < 1.29 is 19.1 Å². The Hall–Kier alpha value is -2.34. The van der Waals surface area contributed by atoms with Crippen molar-refractivity contribution >= 4 is 17.9 Å². The SMILES string of the molecule is CCCCCCCCCCCOC(=O)CCCCCN(CCCCCCCC(=O)OC(CCCCCCC)CCCCCCCC)CCCN=C(NC#N)N(C)C. The lowest BCUT2D eigenvalue weighted by Crippen LogP contribution is -2.34. The van der Waals surface area contributed by atoms with Crippen LogP contribution in [0.4, 0.5) is 0 Å². The van der Waals surface area contributed by atoms with Gasteiger partial charge in [0.05, 0.1) is 6.61 Å². The van der Waals surface area contributed by atoms with Crippen molar-refractivity contribution in [1.82, 2.24) is 15.1 Å². The van der Waals surface area contributed by atoms with Gasteiger partial charge < -0.3 is 19.3 Å². The van der Waals surface area contributed by atoms with Crippen molar-refractivity contribution in [2.24, 2.45) is 4.99 Å². The first-order valence-electron chi connectivity index (χ1n) is 24.3. The van der Waals surface area contributed by atoms with Gasteiger partial charge in [-0.05, 0) is 83.8 Å². The monoisotopic (exact) mass is 804 g/mol. The van der Waals surface area contributed by atoms with Gasteiger partial charge in [0, 0.05) is 33.5 Å². The lowest BCUT2D eigenvalue weighted by Gasteiger charge is -2.22. The van der Waals surface area contributed by atoms with Crippen LogP contribution in [0.15, 0.2) is 4.99 Å². The number of guanidine groups is 1. The first kappa shape index (κ1) is 54.7. The molecule has 0 saturated carbocycles. The lowest BCUT2D eigenvalue weighted by atomic mass is 10.0. The molecule has 0 rings (SSSR count). The summed E-state index contributed by atoms with van der Waals surface area (Å²) in [5.41, 5.74) is 0. The number of carbonyl (C=O) groups excluding carboxylic acids is 2. The molecule has 9 nitrogen and oxygen atoms in total. The molecule has 0 aromatic heterocycles. The number of unbranched alkanes of at least 4 members (excludes halogenated alkanes) is 23. The zero-order chi connectivity index (χ0) is 41.9. The Bertz CT molecular complexity index is 969. The molecule has 334 valence electrons. The van der Waals surface area contributed by atoms with E-state index in [1.54, 1.807) is 0 Å². The van der Waals surface area contributed by atoms with Crippen LogP contribution in [0.5, 0.6) is 0 Å². The second-order valence-corrected chi connectivity index (χ2v) is 16.8. The Morgan fingerprint density at radius 3 is 1.49 bits per heavy atom. The first-order chi connectivity index (χ1) is 27.9. The number of hydrogen-bond acceptors (Lipinski definition) is 7. The maximum Gasteiger partial charge on any atom is 0.306 e. The summed E-state index contributed by atoms with van der Waals surface area (Å²) in [6.45, 7) is 11.0. The molecule has 1 N–H and O–H groups in total. The molecular weight excluding hydrogens is 711 g/mol. The van der Waals surface area contributed by atoms with Gasteiger partial charge in [-0.3, -0.25) is 19.9 Å². The lowest BCUT2D eigenvalue weighted by molar-refractivity contribution is -0.150. The number of hydrogen-bond donors (Lipinski definition) is 1. The second-order valence-electron chi connectivity index (χ2n) is 16.8. The standard InChI is InChI=1S/C48H93N5O4/c1-6-9-12-15-17-18-19-25-33-43-56-46(54)37-30-26-32-41-53(42-34-39-50-48(51-44-49)52(4)5)40-31-24-20-23-29-38-47(55)57-45(35-27-21-14-11-8-3)36-28-22-16-13-10-7-2/h45H,6-43H2,1-5H3,(H,50,51). The highest BCUT2D eigenvalue weighted by molar-refractivity contribution is 5.80. The Kier molecular flexibility index (Phi) is 41.5. The number of ether oxygens (including phenoxy) is 2. The van der Waals surface area contributed by atoms with E-state index in [-0.39, 0.29) is 18.0 Å². The minimum Gasteiger partial charge on any atom is -0.466 e. The van der Waals surface area contributed by atoms with Crippen molar-refractivity contribution in [3.05, 3.63) is 0 Å². The average molecular weight is 804 g/mol. The van der Waals surface area contributed by atoms with Crippen LogP contribution in [-0.4, -0.2) is 80.7 Å². The highest BCUT2D eigenvalue weighted by atomic mass is 16.5. The molecule has 0 amide bonds. The Labute approximate surface area is 353 Å². The summed E-state index contributed by atoms with van der Waals surface area (Å²) in [5.74, 6) is 0.544. The van der Waals surface area contributed by atoms with Crippen LogP contribution in [0.1, 0.15) is 233 Å². The van der Waals surface area contributed by atoms with Gasteiger partial charge in [-0.15, -0.1) is 0 Å². The molecule has 0 saturated heterocycles. The molecule has 0 aliphatic carbocycles. The zero-order valence-electron chi connectivity index (χ0n) is 38.4. The van der Waals surface area contributed by atoms with Crippen molar-refractivity contribution in [3.63, 3.8) is 0 Å². The molecule has 0 radical (unpaired) electrons. The number of aliphatic imine (C=N–C) groups is 1. The Morgan fingerprint density at radius 2 is 0.982 bits per heavy atom. The molecule has 57 heavy (non-hydrogen) atoms. The van der Waals surface area contributed by atoms with Gasteiger partial charge in [-0.25, -0.2) is 0 Å². The Morgan fingerprint density at radius 1 is 0.561 bits per heavy atom. The van der Waals surface area contributed by atoms with E-state index in [1.165, 1.54) is 116 Å². The van der Waals surface area contributed by atoms with Gasteiger partial charge >= 0.3 is 11.9 Å². The highest BCUT2D eigenvalue weighted by Gasteiger charge is 2.14. The molecule has 0 aliphatic rings. The molecule has 1 atom stereocenters. The molecule has 0 aromatic carbocycles. The van der Waals surface area contributed by atoms with Crippen molar-refractivity contribution in [2.75, 3.05) is 46.9 Å². The van der Waals surface area contributed by atoms with Crippen LogP contribution >= 0.6 is 0 Å². The summed E-state index contributed by atoms with van der Waals surface area (Å²) in [4.78, 5) is 34.0. The van der Waals surface area contributed by atoms with E-state index < -0.39 is 0 Å². The maximum absolute atomic E-state index is 12.8. The van der Waals surface area contributed by atoms with E-state index in [0.29, 0.717) is 32.0 Å². The average Bonchev–Trinajstić information content (AvgIpc) is 3.19. The van der Waals surface area contributed by atoms with Gasteiger partial charge in [0.2, 0.25) is 5.96 Å². The highest BCUT2D eigenvalue weighted by Crippen LogP contribution is 2.18. The molecular formula is C48H93N5O4. The molecule has 1 unspecified atom stereocenters. The van der Waals surface area contributed by atoms with E-state index in [2.05, 4.69) is 36.0 Å². The topological polar surface area (TPSA) is 107 Å². The van der Waals surface area contributed by atoms with Crippen LogP contribution in [0.25, 0.3) is 0 Å². The Balaban J connectivity index is 4.51. The quantitative estimate of drug-likeness (QED) is 0.0162. The molecule has 0 bridgehead atoms. The fourth-order valence-electron chi connectivity index (χ4n) is 7.38. The minimum atomic E-state index is -0.0500. The van der Waals surface area contributed by atoms with Gasteiger partial charge in [-0.1, -0.05) is 156 Å². The van der Waals surface area contributed by atoms with E-state index in [4.69, 9.17) is 14.7 Å². The predicted molar refractivity (Wildman–Crippen MR) is 241 cm³/mol. The normalized spacial score (nSPS) is 12.1. The van der Waals surface area contributed by atoms with Crippen molar-refractivity contribution in [2.45, 2.75) is 239 Å². The summed E-state index contributed by atoms with van der Waals surface area (Å²) in [5, 5.41) is 11.7. The van der Waals surface area contributed by atoms with E-state index in [0.717, 1.165) is 103 Å². The number of nitrogens with zero attached hydrogens (tertiary/aromatic N) is 4. The van der Waals surface area contributed by atoms with Crippen molar-refractivity contribution in [3.8, 4) is 6.19 Å². The maximum atomic E-state index is 12.8. The van der Waals surface area contributed by atoms with Gasteiger partial charge in [-0.2, -0.15) is 5.26 Å². The summed E-state index contributed by atoms with van der Waals surface area (Å²) < 4.78 is 11.6. The smallest absolute Gasteiger partial charge is 0.306 e. The molecule has 0 heterocycles. The van der Waals surface area contributed by atoms with Gasteiger partial charge in [0.25, 0.3) is 0 Å². The second kappa shape index (κ2) is 43.2. The van der Waals surface area contributed by atoms with Crippen LogP contribution in [0, 0.1) is 11.5 Å². The summed E-state index contributed by atoms with van der Waals surface area (Å²) in [7, 11) is 3.77. The summed E-state index contributed by atoms with van der Waals surface area (Å²) in [6.07, 6.45) is 39.7. The number of rotatable bonds is 42. The summed E-state index contributed by atoms with van der Waals surface area (Å²) >= 11 is 0. The third-order valence-electron chi connectivity index (χ3n) is 11.0. The molecule has 9 heteroatoms. The van der Waals surface area contributed by atoms with E-state index >= 15 is 0 Å². The number of carbonyl (C=O) groups is 2. The fourth-order valence-corrected chi connectivity index (χ4v) is 7.38. The number of nitrogens with one attached hydrogen (secondary N) is 1. The third kappa shape index (κ3) is 38.9. The van der Waals surface area contributed by atoms with Crippen molar-refractivity contribution in [1.29, 1.82) is 5.26 Å². The molecule has 0 fully saturated rings. The largest absolute Gasteiger partial charge is 0.466 e. The molecule has 0 spiro atoms. The van der Waals surface area contributed by atoms with Crippen LogP contribution in [-0.2, 0) is 19.1 Å². The molecule has 0 aromatic rings. The summed E-state index contributed by atoms with van der Waals surface area (Å²) in [6, 6.07) is 0. The van der Waals surface area contributed by atoms with Crippen LogP contribution < -0.4 is 5.32 Å². The van der Waals surface area contributed by atoms with Crippen LogP contribution in [0.2, 0.25) is 0 Å². The molecule has 0 aliphatic heterocycles. The zero-order valence-corrected chi connectivity index (χ0v) is 38.4. The predicted octanol–water partition coefficient (Wildman–Crippen LogP) is 12.7. The fraction of sp³-hybridized carbons (Fsp3) is 0.917. The van der Waals surface area contributed by atoms with Crippen LogP contribution in [0.3, 0.4) is 0 Å². The van der Waals surface area contributed by atoms with Gasteiger partial charge in [0.15, 0.2) is 6.19 Å². The first-order valence-corrected chi connectivity index (χ1v) is 24.3.